The van der Waals surface area contributed by atoms with Crippen molar-refractivity contribution < 1.29 is 4.74 Å². The van der Waals surface area contributed by atoms with Crippen LogP contribution in [0.2, 0.25) is 0 Å². The molecule has 0 saturated heterocycles. The Morgan fingerprint density at radius 2 is 1.31 bits per heavy atom. The van der Waals surface area contributed by atoms with Gasteiger partial charge in [-0.05, 0) is 0 Å². The second-order valence-electron chi connectivity index (χ2n) is 3.18. The minimum absolute atomic E-state index is 0.399. The Hall–Kier alpha value is -1.61. The molecule has 0 aliphatic heterocycles. The van der Waals surface area contributed by atoms with Crippen LogP contribution in [0.25, 0.3) is 0 Å². The van der Waals surface area contributed by atoms with Gasteiger partial charge in [0, 0.05) is 32.5 Å². The molecular weight excluding hydrogens is 204 g/mol. The van der Waals surface area contributed by atoms with E-state index >= 15 is 0 Å². The van der Waals surface area contributed by atoms with Crippen molar-refractivity contribution in [3.63, 3.8) is 0 Å². The lowest BCUT2D eigenvalue weighted by molar-refractivity contribution is 0.109. The molecule has 0 aliphatic rings. The van der Waals surface area contributed by atoms with Gasteiger partial charge in [0.15, 0.2) is 0 Å². The van der Waals surface area contributed by atoms with Gasteiger partial charge >= 0.3 is 0 Å². The zero-order chi connectivity index (χ0) is 12.1. The maximum Gasteiger partial charge on any atom is 0.0645 e. The molecule has 0 radical (unpaired) electrons. The smallest absolute Gasteiger partial charge is 0.0645 e. The van der Waals surface area contributed by atoms with Gasteiger partial charge in [0.2, 0.25) is 0 Å². The molecule has 0 spiro atoms. The second-order valence-corrected chi connectivity index (χ2v) is 3.18. The van der Waals surface area contributed by atoms with Gasteiger partial charge in [-0.15, -0.1) is 0 Å². The van der Waals surface area contributed by atoms with Crippen LogP contribution in [0.15, 0.2) is 0 Å². The van der Waals surface area contributed by atoms with Gasteiger partial charge in [-0.25, -0.2) is 0 Å². The van der Waals surface area contributed by atoms with E-state index in [1.165, 1.54) is 0 Å². The van der Waals surface area contributed by atoms with Gasteiger partial charge in [-0.2, -0.15) is 15.8 Å². The molecule has 0 aromatic carbocycles. The first kappa shape index (κ1) is 14.4. The third kappa shape index (κ3) is 8.97. The molecule has 5 heteroatoms. The summed E-state index contributed by atoms with van der Waals surface area (Å²) >= 11 is 0. The van der Waals surface area contributed by atoms with Gasteiger partial charge in [0.1, 0.15) is 0 Å². The van der Waals surface area contributed by atoms with Crippen LogP contribution < -0.4 is 0 Å². The predicted molar refractivity (Wildman–Crippen MR) is 57.9 cm³/mol. The molecule has 16 heavy (non-hydrogen) atoms. The van der Waals surface area contributed by atoms with Gasteiger partial charge < -0.3 is 4.74 Å². The third-order valence-electron chi connectivity index (χ3n) is 1.99. The number of ether oxygens (including phenoxy) is 1. The Morgan fingerprint density at radius 3 is 1.81 bits per heavy atom. The highest BCUT2D eigenvalue weighted by Crippen LogP contribution is 1.94. The Bertz CT molecular complexity index is 266. The first-order valence-electron chi connectivity index (χ1n) is 5.26. The summed E-state index contributed by atoms with van der Waals surface area (Å²) in [7, 11) is 0. The van der Waals surface area contributed by atoms with Crippen molar-refractivity contribution in [2.24, 2.45) is 0 Å². The van der Waals surface area contributed by atoms with Crippen LogP contribution >= 0.6 is 0 Å². The molecule has 0 amide bonds. The van der Waals surface area contributed by atoms with Crippen LogP contribution in [0.1, 0.15) is 19.3 Å². The largest absolute Gasteiger partial charge is 0.379 e. The number of hydrogen-bond acceptors (Lipinski definition) is 5. The summed E-state index contributed by atoms with van der Waals surface area (Å²) in [4.78, 5) is 2.03. The molecule has 0 unspecified atom stereocenters. The number of hydrogen-bond donors (Lipinski definition) is 0. The molecule has 0 aromatic rings. The van der Waals surface area contributed by atoms with E-state index in [4.69, 9.17) is 20.5 Å². The predicted octanol–water partition coefficient (Wildman–Crippen LogP) is 1.05. The molecule has 0 atom stereocenters. The molecular formula is C11H16N4O. The second kappa shape index (κ2) is 11.5. The molecule has 86 valence electrons. The lowest BCUT2D eigenvalue weighted by Gasteiger charge is -2.19. The highest BCUT2D eigenvalue weighted by molar-refractivity contribution is 4.76. The van der Waals surface area contributed by atoms with Crippen LogP contribution in [0.3, 0.4) is 0 Å². The first-order chi connectivity index (χ1) is 7.85. The summed E-state index contributed by atoms with van der Waals surface area (Å²) in [5, 5.41) is 25.2. The number of rotatable bonds is 9. The summed E-state index contributed by atoms with van der Waals surface area (Å²) < 4.78 is 5.23. The zero-order valence-electron chi connectivity index (χ0n) is 9.35. The van der Waals surface area contributed by atoms with Crippen molar-refractivity contribution in [3.8, 4) is 18.2 Å². The average molecular weight is 220 g/mol. The molecule has 0 N–H and O–H groups in total. The minimum Gasteiger partial charge on any atom is -0.379 e. The van der Waals surface area contributed by atoms with Crippen molar-refractivity contribution >= 4 is 0 Å². The van der Waals surface area contributed by atoms with E-state index in [1.807, 2.05) is 11.0 Å². The lowest BCUT2D eigenvalue weighted by atomic mass is 10.3. The van der Waals surface area contributed by atoms with E-state index in [0.29, 0.717) is 52.1 Å². The van der Waals surface area contributed by atoms with Crippen LogP contribution in [0, 0.1) is 34.0 Å². The molecule has 5 nitrogen and oxygen atoms in total. The Kier molecular flexibility index (Phi) is 10.3. The maximum atomic E-state index is 8.47. The van der Waals surface area contributed by atoms with E-state index in [2.05, 4.69) is 12.1 Å². The Morgan fingerprint density at radius 1 is 0.750 bits per heavy atom. The first-order valence-corrected chi connectivity index (χ1v) is 5.26. The molecule has 0 bridgehead atoms. The fourth-order valence-electron chi connectivity index (χ4n) is 1.17. The van der Waals surface area contributed by atoms with Crippen molar-refractivity contribution in [3.05, 3.63) is 0 Å². The van der Waals surface area contributed by atoms with Crippen LogP contribution in [0.4, 0.5) is 0 Å². The highest BCUT2D eigenvalue weighted by Gasteiger charge is 2.03. The Labute approximate surface area is 96.4 Å². The minimum atomic E-state index is 0.399. The van der Waals surface area contributed by atoms with Crippen molar-refractivity contribution in [2.75, 3.05) is 32.8 Å². The summed E-state index contributed by atoms with van der Waals surface area (Å²) in [5.41, 5.74) is 0. The van der Waals surface area contributed by atoms with E-state index in [1.54, 1.807) is 0 Å². The van der Waals surface area contributed by atoms with Crippen LogP contribution in [-0.2, 0) is 4.74 Å². The van der Waals surface area contributed by atoms with E-state index in [0.717, 1.165) is 0 Å². The fourth-order valence-corrected chi connectivity index (χ4v) is 1.17. The molecule has 0 fully saturated rings. The van der Waals surface area contributed by atoms with E-state index < -0.39 is 0 Å². The lowest BCUT2D eigenvalue weighted by Crippen LogP contribution is -2.29. The molecule has 0 aromatic heterocycles. The van der Waals surface area contributed by atoms with Crippen molar-refractivity contribution in [1.82, 2.24) is 4.90 Å². The SMILES string of the molecule is N#CCCOCCN(CCC#N)CCC#N. The fraction of sp³-hybridized carbons (Fsp3) is 0.727. The van der Waals surface area contributed by atoms with Gasteiger partial charge in [-0.3, -0.25) is 4.90 Å². The van der Waals surface area contributed by atoms with Gasteiger partial charge in [0.25, 0.3) is 0 Å². The van der Waals surface area contributed by atoms with E-state index in [-0.39, 0.29) is 0 Å². The number of nitrogens with zero attached hydrogens (tertiary/aromatic N) is 4. The van der Waals surface area contributed by atoms with Crippen LogP contribution in [-0.4, -0.2) is 37.7 Å². The zero-order valence-corrected chi connectivity index (χ0v) is 9.35. The third-order valence-corrected chi connectivity index (χ3v) is 1.99. The maximum absolute atomic E-state index is 8.47. The average Bonchev–Trinajstić information content (AvgIpc) is 2.31. The standard InChI is InChI=1S/C11H16N4O/c12-4-1-7-15(8-2-5-13)9-11-16-10-3-6-14/h1-3,7-11H2. The van der Waals surface area contributed by atoms with Gasteiger partial charge in [0.05, 0.1) is 37.8 Å². The van der Waals surface area contributed by atoms with Crippen LogP contribution in [0.5, 0.6) is 0 Å². The van der Waals surface area contributed by atoms with E-state index in [9.17, 15) is 0 Å². The normalized spacial score (nSPS) is 9.38. The molecule has 0 aliphatic carbocycles. The molecule has 0 heterocycles. The summed E-state index contributed by atoms with van der Waals surface area (Å²) in [6.07, 6.45) is 1.32. The summed E-state index contributed by atoms with van der Waals surface area (Å²) in [5.74, 6) is 0. The summed E-state index contributed by atoms with van der Waals surface area (Å²) in [6.45, 7) is 3.02. The van der Waals surface area contributed by atoms with Gasteiger partial charge in [-0.1, -0.05) is 0 Å². The monoisotopic (exact) mass is 220 g/mol. The van der Waals surface area contributed by atoms with Crippen molar-refractivity contribution in [1.29, 1.82) is 15.8 Å². The van der Waals surface area contributed by atoms with Crippen molar-refractivity contribution in [2.45, 2.75) is 19.3 Å². The summed E-state index contributed by atoms with van der Waals surface area (Å²) in [6, 6.07) is 6.15. The molecule has 0 saturated carbocycles. The quantitative estimate of drug-likeness (QED) is 0.542. The molecule has 0 rings (SSSR count). The highest BCUT2D eigenvalue weighted by atomic mass is 16.5. The number of nitriles is 3. The topological polar surface area (TPSA) is 83.8 Å². The Balaban J connectivity index is 3.62.